The fraction of sp³-hybridized carbons (Fsp3) is 0.125. The number of methoxy groups -OCH3 is 1. The highest BCUT2D eigenvalue weighted by Crippen LogP contribution is 2.31. The van der Waals surface area contributed by atoms with E-state index >= 15 is 0 Å². The molecular formula is C24H19F4N3O4. The molecule has 0 saturated carbocycles. The number of hydrogen-bond acceptors (Lipinski definition) is 6. The molecule has 0 heterocycles. The zero-order valence-electron chi connectivity index (χ0n) is 18.2. The number of nitrogens with zero attached hydrogens (tertiary/aromatic N) is 1. The molecule has 0 aliphatic heterocycles. The third-order valence-electron chi connectivity index (χ3n) is 4.53. The van der Waals surface area contributed by atoms with Gasteiger partial charge in [0.15, 0.2) is 11.5 Å². The van der Waals surface area contributed by atoms with Crippen molar-refractivity contribution in [2.24, 2.45) is 5.10 Å². The van der Waals surface area contributed by atoms with Crippen molar-refractivity contribution in [1.29, 1.82) is 0 Å². The van der Waals surface area contributed by atoms with Crippen LogP contribution in [0.3, 0.4) is 0 Å². The number of carbonyl (C=O) groups is 2. The zero-order valence-corrected chi connectivity index (χ0v) is 18.2. The van der Waals surface area contributed by atoms with Crippen LogP contribution >= 0.6 is 0 Å². The third-order valence-corrected chi connectivity index (χ3v) is 4.53. The maximum atomic E-state index is 13.8. The predicted octanol–water partition coefficient (Wildman–Crippen LogP) is 4.63. The lowest BCUT2D eigenvalue weighted by molar-refractivity contribution is -0.137. The van der Waals surface area contributed by atoms with Gasteiger partial charge in [0.25, 0.3) is 5.91 Å². The Hall–Kier alpha value is -4.41. The molecular weight excluding hydrogens is 470 g/mol. The van der Waals surface area contributed by atoms with Crippen molar-refractivity contribution in [3.63, 3.8) is 0 Å². The van der Waals surface area contributed by atoms with E-state index in [0.29, 0.717) is 5.56 Å². The van der Waals surface area contributed by atoms with Gasteiger partial charge < -0.3 is 14.8 Å². The number of nitrogens with one attached hydrogen (secondary N) is 2. The minimum absolute atomic E-state index is 0.0484. The van der Waals surface area contributed by atoms with E-state index in [9.17, 15) is 27.2 Å². The highest BCUT2D eigenvalue weighted by atomic mass is 19.4. The Kier molecular flexibility index (Phi) is 8.03. The van der Waals surface area contributed by atoms with Crippen LogP contribution in [0.5, 0.6) is 11.5 Å². The molecule has 0 aromatic heterocycles. The third kappa shape index (κ3) is 7.03. The molecule has 0 aliphatic carbocycles. The van der Waals surface area contributed by atoms with Crippen molar-refractivity contribution in [1.82, 2.24) is 5.43 Å². The Labute approximate surface area is 197 Å². The SMILES string of the molecule is COc1cc(C=NNC(=O)CNc2cccc(C(F)(F)F)c2)ccc1OC(=O)c1ccccc1F. The average Bonchev–Trinajstić information content (AvgIpc) is 2.83. The number of amides is 1. The number of halogens is 4. The van der Waals surface area contributed by atoms with Gasteiger partial charge in [-0.25, -0.2) is 14.6 Å². The van der Waals surface area contributed by atoms with Gasteiger partial charge in [0, 0.05) is 5.69 Å². The molecule has 0 fully saturated rings. The molecule has 0 bridgehead atoms. The summed E-state index contributed by atoms with van der Waals surface area (Å²) in [7, 11) is 1.35. The van der Waals surface area contributed by atoms with E-state index in [4.69, 9.17) is 9.47 Å². The van der Waals surface area contributed by atoms with Gasteiger partial charge >= 0.3 is 12.1 Å². The predicted molar refractivity (Wildman–Crippen MR) is 120 cm³/mol. The van der Waals surface area contributed by atoms with Crippen LogP contribution in [0.1, 0.15) is 21.5 Å². The smallest absolute Gasteiger partial charge is 0.416 e. The summed E-state index contributed by atoms with van der Waals surface area (Å²) in [5.74, 6) is -2.01. The summed E-state index contributed by atoms with van der Waals surface area (Å²) in [6, 6.07) is 14.2. The lowest BCUT2D eigenvalue weighted by Gasteiger charge is -2.10. The summed E-state index contributed by atoms with van der Waals surface area (Å²) >= 11 is 0. The normalized spacial score (nSPS) is 11.2. The molecule has 2 N–H and O–H groups in total. The van der Waals surface area contributed by atoms with Crippen LogP contribution in [0.4, 0.5) is 23.2 Å². The van der Waals surface area contributed by atoms with Gasteiger partial charge in [-0.1, -0.05) is 18.2 Å². The van der Waals surface area contributed by atoms with Crippen LogP contribution in [-0.4, -0.2) is 31.7 Å². The monoisotopic (exact) mass is 489 g/mol. The highest BCUT2D eigenvalue weighted by molar-refractivity contribution is 5.92. The lowest BCUT2D eigenvalue weighted by Crippen LogP contribution is -2.26. The van der Waals surface area contributed by atoms with Crippen molar-refractivity contribution in [2.45, 2.75) is 6.18 Å². The number of anilines is 1. The van der Waals surface area contributed by atoms with Crippen LogP contribution in [0.2, 0.25) is 0 Å². The summed E-state index contributed by atoms with van der Waals surface area (Å²) in [6.07, 6.45) is -3.20. The van der Waals surface area contributed by atoms with E-state index in [2.05, 4.69) is 15.8 Å². The fourth-order valence-corrected chi connectivity index (χ4v) is 2.84. The Morgan fingerprint density at radius 3 is 2.49 bits per heavy atom. The second-order valence-electron chi connectivity index (χ2n) is 7.00. The van der Waals surface area contributed by atoms with Gasteiger partial charge in [-0.15, -0.1) is 0 Å². The molecule has 3 aromatic rings. The average molecular weight is 489 g/mol. The lowest BCUT2D eigenvalue weighted by atomic mass is 10.2. The molecule has 0 spiro atoms. The van der Waals surface area contributed by atoms with E-state index < -0.39 is 29.4 Å². The molecule has 35 heavy (non-hydrogen) atoms. The molecule has 182 valence electrons. The standard InChI is InChI=1S/C24H19F4N3O4/c1-34-21-11-15(9-10-20(21)35-23(33)18-7-2-3-8-19(18)25)13-30-31-22(32)14-29-17-6-4-5-16(12-17)24(26,27)28/h2-13,29H,14H2,1H3,(H,31,32). The second kappa shape index (κ2) is 11.1. The van der Waals surface area contributed by atoms with Crippen LogP contribution in [0, 0.1) is 5.82 Å². The molecule has 0 radical (unpaired) electrons. The molecule has 0 unspecified atom stereocenters. The van der Waals surface area contributed by atoms with E-state index in [1.165, 1.54) is 61.9 Å². The maximum absolute atomic E-state index is 13.8. The van der Waals surface area contributed by atoms with Crippen LogP contribution in [0.15, 0.2) is 71.8 Å². The number of hydrogen-bond donors (Lipinski definition) is 2. The fourth-order valence-electron chi connectivity index (χ4n) is 2.84. The summed E-state index contributed by atoms with van der Waals surface area (Å²) < 4.78 is 62.4. The molecule has 11 heteroatoms. The number of alkyl halides is 3. The van der Waals surface area contributed by atoms with Crippen molar-refractivity contribution in [3.05, 3.63) is 89.2 Å². The Morgan fingerprint density at radius 1 is 1.00 bits per heavy atom. The molecule has 0 atom stereocenters. The number of carbonyl (C=O) groups excluding carboxylic acids is 2. The first-order valence-corrected chi connectivity index (χ1v) is 10.0. The number of benzene rings is 3. The largest absolute Gasteiger partial charge is 0.493 e. The first-order chi connectivity index (χ1) is 16.7. The molecule has 0 aliphatic rings. The Balaban J connectivity index is 1.57. The van der Waals surface area contributed by atoms with Crippen molar-refractivity contribution in [2.75, 3.05) is 19.0 Å². The molecule has 3 rings (SSSR count). The van der Waals surface area contributed by atoms with Gasteiger partial charge in [0.1, 0.15) is 5.82 Å². The zero-order chi connectivity index (χ0) is 25.4. The van der Waals surface area contributed by atoms with Gasteiger partial charge in [-0.2, -0.15) is 18.3 Å². The Bertz CT molecular complexity index is 1250. The van der Waals surface area contributed by atoms with Crippen molar-refractivity contribution >= 4 is 23.8 Å². The summed E-state index contributed by atoms with van der Waals surface area (Å²) in [5, 5.41) is 6.36. The topological polar surface area (TPSA) is 89.0 Å². The van der Waals surface area contributed by atoms with Crippen molar-refractivity contribution in [3.8, 4) is 11.5 Å². The highest BCUT2D eigenvalue weighted by Gasteiger charge is 2.30. The molecule has 7 nitrogen and oxygen atoms in total. The second-order valence-corrected chi connectivity index (χ2v) is 7.00. The van der Waals surface area contributed by atoms with Crippen LogP contribution in [-0.2, 0) is 11.0 Å². The van der Waals surface area contributed by atoms with E-state index in [-0.39, 0.29) is 29.3 Å². The minimum Gasteiger partial charge on any atom is -0.493 e. The molecule has 3 aromatic carbocycles. The van der Waals surface area contributed by atoms with E-state index in [1.54, 1.807) is 0 Å². The van der Waals surface area contributed by atoms with Crippen LogP contribution in [0.25, 0.3) is 0 Å². The van der Waals surface area contributed by atoms with E-state index in [0.717, 1.165) is 18.2 Å². The van der Waals surface area contributed by atoms with Gasteiger partial charge in [0.05, 0.1) is 31.0 Å². The summed E-state index contributed by atoms with van der Waals surface area (Å²) in [4.78, 5) is 24.1. The summed E-state index contributed by atoms with van der Waals surface area (Å²) in [5.41, 5.74) is 1.77. The maximum Gasteiger partial charge on any atom is 0.416 e. The molecule has 0 saturated heterocycles. The number of ether oxygens (including phenoxy) is 2. The summed E-state index contributed by atoms with van der Waals surface area (Å²) in [6.45, 7) is -0.313. The first-order valence-electron chi connectivity index (χ1n) is 10.0. The Morgan fingerprint density at radius 2 is 1.77 bits per heavy atom. The quantitative estimate of drug-likeness (QED) is 0.158. The van der Waals surface area contributed by atoms with E-state index in [1.807, 2.05) is 0 Å². The first kappa shape index (κ1) is 25.2. The van der Waals surface area contributed by atoms with Crippen molar-refractivity contribution < 1.29 is 36.6 Å². The molecule has 1 amide bonds. The number of esters is 1. The number of hydrazone groups is 1. The van der Waals surface area contributed by atoms with Crippen LogP contribution < -0.4 is 20.2 Å². The van der Waals surface area contributed by atoms with Gasteiger partial charge in [-0.05, 0) is 54.1 Å². The number of rotatable bonds is 8. The van der Waals surface area contributed by atoms with Gasteiger partial charge in [-0.3, -0.25) is 4.79 Å². The minimum atomic E-state index is -4.49. The van der Waals surface area contributed by atoms with Gasteiger partial charge in [0.2, 0.25) is 0 Å².